The van der Waals surface area contributed by atoms with E-state index < -0.39 is 7.26 Å². The first kappa shape index (κ1) is 14.3. The first-order chi connectivity index (χ1) is 6.67. The Balaban J connectivity index is 4.04. The van der Waals surface area contributed by atoms with Crippen molar-refractivity contribution in [2.24, 2.45) is 0 Å². The van der Waals surface area contributed by atoms with Crippen LogP contribution in [-0.2, 0) is 4.74 Å². The topological polar surface area (TPSA) is 29.5 Å². The molecule has 14 heavy (non-hydrogen) atoms. The summed E-state index contributed by atoms with van der Waals surface area (Å²) in [4.78, 5) is 0. The summed E-state index contributed by atoms with van der Waals surface area (Å²) < 4.78 is 5.20. The van der Waals surface area contributed by atoms with Crippen LogP contribution in [0, 0.1) is 0 Å². The van der Waals surface area contributed by atoms with Crippen LogP contribution in [0.4, 0.5) is 0 Å². The minimum absolute atomic E-state index is 0.0616. The van der Waals surface area contributed by atoms with Crippen molar-refractivity contribution in [1.82, 2.24) is 0 Å². The van der Waals surface area contributed by atoms with Crippen LogP contribution in [0.3, 0.4) is 0 Å². The zero-order chi connectivity index (χ0) is 11.0. The number of ether oxygens (including phenoxy) is 1. The quantitative estimate of drug-likeness (QED) is 0.638. The van der Waals surface area contributed by atoms with E-state index in [1.807, 2.05) is 0 Å². The van der Waals surface area contributed by atoms with E-state index in [0.717, 1.165) is 6.42 Å². The van der Waals surface area contributed by atoms with Gasteiger partial charge in [-0.1, -0.05) is 0 Å². The van der Waals surface area contributed by atoms with Crippen molar-refractivity contribution < 1.29 is 9.84 Å². The van der Waals surface area contributed by atoms with Gasteiger partial charge in [0, 0.05) is 0 Å². The predicted molar refractivity (Wildman–Crippen MR) is 67.3 cm³/mol. The fourth-order valence-electron chi connectivity index (χ4n) is 2.03. The van der Waals surface area contributed by atoms with Crippen LogP contribution in [-0.4, -0.2) is 49.6 Å². The molecular formula is C11H27O2P. The molecule has 88 valence electrons. The average Bonchev–Trinajstić information content (AvgIpc) is 2.26. The number of rotatable bonds is 8. The molecule has 2 nitrogen and oxygen atoms in total. The maximum atomic E-state index is 9.03. The van der Waals surface area contributed by atoms with Crippen molar-refractivity contribution in [2.45, 2.75) is 33.3 Å². The van der Waals surface area contributed by atoms with Gasteiger partial charge in [-0.2, -0.15) is 0 Å². The van der Waals surface area contributed by atoms with Gasteiger partial charge in [0.15, 0.2) is 0 Å². The Morgan fingerprint density at radius 3 is 1.93 bits per heavy atom. The summed E-state index contributed by atoms with van der Waals surface area (Å²) in [7, 11) is 0.685. The normalized spacial score (nSPS) is 15.5. The SMILES string of the molecule is CC[PH](CC)(CC)CCC(CO)OC. The molecule has 1 N–H and O–H groups in total. The summed E-state index contributed by atoms with van der Waals surface area (Å²) >= 11 is 0. The molecule has 0 aliphatic rings. The van der Waals surface area contributed by atoms with E-state index in [0.29, 0.717) is 0 Å². The van der Waals surface area contributed by atoms with Crippen molar-refractivity contribution >= 4 is 7.26 Å². The molecule has 3 heteroatoms. The molecule has 0 rings (SSSR count). The van der Waals surface area contributed by atoms with Gasteiger partial charge in [-0.15, -0.1) is 0 Å². The third kappa shape index (κ3) is 4.25. The van der Waals surface area contributed by atoms with Crippen LogP contribution >= 0.6 is 7.26 Å². The molecule has 0 aromatic rings. The van der Waals surface area contributed by atoms with Crippen molar-refractivity contribution in [2.75, 3.05) is 38.4 Å². The zero-order valence-electron chi connectivity index (χ0n) is 10.2. The molecule has 0 fully saturated rings. The Morgan fingerprint density at radius 2 is 1.64 bits per heavy atom. The van der Waals surface area contributed by atoms with Crippen LogP contribution in [0.1, 0.15) is 27.2 Å². The standard InChI is InChI=1S/C11H27O2P/c1-5-14(6-2,7-3)9-8-11(10-12)13-4/h11-12,14H,5-10H2,1-4H3. The molecule has 0 saturated carbocycles. The van der Waals surface area contributed by atoms with Crippen molar-refractivity contribution in [3.05, 3.63) is 0 Å². The number of methoxy groups -OCH3 is 1. The van der Waals surface area contributed by atoms with Crippen LogP contribution in [0.25, 0.3) is 0 Å². The van der Waals surface area contributed by atoms with Gasteiger partial charge in [0.1, 0.15) is 0 Å². The van der Waals surface area contributed by atoms with E-state index in [2.05, 4.69) is 20.8 Å². The van der Waals surface area contributed by atoms with E-state index in [-0.39, 0.29) is 12.7 Å². The van der Waals surface area contributed by atoms with Gasteiger partial charge in [0.25, 0.3) is 0 Å². The number of aliphatic hydroxyl groups excluding tert-OH is 1. The monoisotopic (exact) mass is 222 g/mol. The molecule has 0 aliphatic carbocycles. The summed E-state index contributed by atoms with van der Waals surface area (Å²) in [5, 5.41) is 9.03. The maximum absolute atomic E-state index is 9.03. The number of hydrogen-bond donors (Lipinski definition) is 1. The van der Waals surface area contributed by atoms with Gasteiger partial charge in [0.2, 0.25) is 0 Å². The Bertz CT molecular complexity index is 123. The zero-order valence-corrected chi connectivity index (χ0v) is 11.2. The van der Waals surface area contributed by atoms with E-state index in [4.69, 9.17) is 9.84 Å². The van der Waals surface area contributed by atoms with Gasteiger partial charge in [-0.3, -0.25) is 0 Å². The van der Waals surface area contributed by atoms with Gasteiger partial charge in [-0.05, 0) is 0 Å². The Morgan fingerprint density at radius 1 is 1.14 bits per heavy atom. The molecule has 1 unspecified atom stereocenters. The summed E-state index contributed by atoms with van der Waals surface area (Å²) in [6.07, 6.45) is 6.49. The summed E-state index contributed by atoms with van der Waals surface area (Å²) in [6, 6.07) is 0. The molecule has 0 bridgehead atoms. The molecule has 0 aromatic carbocycles. The van der Waals surface area contributed by atoms with E-state index in [9.17, 15) is 0 Å². The molecule has 0 amide bonds. The van der Waals surface area contributed by atoms with Gasteiger partial charge >= 0.3 is 88.8 Å². The van der Waals surface area contributed by atoms with Crippen LogP contribution < -0.4 is 0 Å². The molecule has 0 aromatic heterocycles. The first-order valence-electron chi connectivity index (χ1n) is 5.81. The van der Waals surface area contributed by atoms with E-state index in [1.54, 1.807) is 7.11 Å². The summed E-state index contributed by atoms with van der Waals surface area (Å²) in [6.45, 7) is 7.12. The third-order valence-electron chi connectivity index (χ3n) is 3.78. The summed E-state index contributed by atoms with van der Waals surface area (Å²) in [5.41, 5.74) is 0. The van der Waals surface area contributed by atoms with Gasteiger partial charge in [-0.25, -0.2) is 0 Å². The second-order valence-electron chi connectivity index (χ2n) is 4.14. The van der Waals surface area contributed by atoms with Crippen LogP contribution in [0.2, 0.25) is 0 Å². The molecule has 0 spiro atoms. The Labute approximate surface area is 89.4 Å². The average molecular weight is 222 g/mol. The number of aliphatic hydroxyl groups is 1. The van der Waals surface area contributed by atoms with Crippen molar-refractivity contribution in [3.63, 3.8) is 0 Å². The molecule has 0 radical (unpaired) electrons. The first-order valence-corrected chi connectivity index (χ1v) is 8.64. The second kappa shape index (κ2) is 7.62. The van der Waals surface area contributed by atoms with Gasteiger partial charge in [0.05, 0.1) is 0 Å². The van der Waals surface area contributed by atoms with E-state index in [1.165, 1.54) is 24.6 Å². The third-order valence-corrected chi connectivity index (χ3v) is 9.63. The molecule has 0 aliphatic heterocycles. The Kier molecular flexibility index (Phi) is 7.81. The van der Waals surface area contributed by atoms with Crippen LogP contribution in [0.5, 0.6) is 0 Å². The van der Waals surface area contributed by atoms with Gasteiger partial charge < -0.3 is 0 Å². The second-order valence-corrected chi connectivity index (χ2v) is 9.76. The number of hydrogen-bond acceptors (Lipinski definition) is 2. The minimum atomic E-state index is -1.00. The summed E-state index contributed by atoms with van der Waals surface area (Å²) in [5.74, 6) is 0. The Hall–Kier alpha value is 0.350. The van der Waals surface area contributed by atoms with Crippen molar-refractivity contribution in [1.29, 1.82) is 0 Å². The van der Waals surface area contributed by atoms with Crippen LogP contribution in [0.15, 0.2) is 0 Å². The van der Waals surface area contributed by atoms with E-state index >= 15 is 0 Å². The molecule has 0 heterocycles. The van der Waals surface area contributed by atoms with Crippen molar-refractivity contribution in [3.8, 4) is 0 Å². The molecule has 1 atom stereocenters. The molecular weight excluding hydrogens is 195 g/mol. The fourth-order valence-corrected chi connectivity index (χ4v) is 5.53. The fraction of sp³-hybridized carbons (Fsp3) is 1.00. The molecule has 0 saturated heterocycles. The predicted octanol–water partition coefficient (Wildman–Crippen LogP) is 2.19.